The van der Waals surface area contributed by atoms with Crippen molar-refractivity contribution in [2.45, 2.75) is 19.5 Å². The molecule has 2 aromatic carbocycles. The van der Waals surface area contributed by atoms with Gasteiger partial charge in [-0.1, -0.05) is 30.3 Å². The van der Waals surface area contributed by atoms with Crippen LogP contribution in [0.5, 0.6) is 5.75 Å². The first-order valence-corrected chi connectivity index (χ1v) is 8.78. The van der Waals surface area contributed by atoms with Crippen molar-refractivity contribution in [3.8, 4) is 5.75 Å². The highest BCUT2D eigenvalue weighted by atomic mass is 19.4. The number of allylic oxidation sites excluding steroid dienone is 2. The SMILES string of the molecule is CCOC(=O)/C(Cc1ccc(C(F)(F)F)cc1)=C(F)\C=C\c1cccc(OC)c1. The van der Waals surface area contributed by atoms with Gasteiger partial charge in [0.25, 0.3) is 0 Å². The van der Waals surface area contributed by atoms with E-state index in [0.29, 0.717) is 16.9 Å². The standard InChI is InChI=1S/C22H20F4O3/c1-3-29-21(27)19(14-16-7-10-17(11-8-16)22(24,25)26)20(23)12-9-15-5-4-6-18(13-15)28-2/h4-13H,3,14H2,1-2H3/b12-9+,20-19+. The predicted molar refractivity (Wildman–Crippen MR) is 102 cm³/mol. The van der Waals surface area contributed by atoms with Gasteiger partial charge in [-0.15, -0.1) is 0 Å². The monoisotopic (exact) mass is 408 g/mol. The Bertz CT molecular complexity index is 897. The summed E-state index contributed by atoms with van der Waals surface area (Å²) >= 11 is 0. The molecular weight excluding hydrogens is 388 g/mol. The molecule has 0 bridgehead atoms. The van der Waals surface area contributed by atoms with Crippen molar-refractivity contribution in [3.63, 3.8) is 0 Å². The smallest absolute Gasteiger partial charge is 0.416 e. The van der Waals surface area contributed by atoms with Crippen LogP contribution in [0, 0.1) is 0 Å². The summed E-state index contributed by atoms with van der Waals surface area (Å²) in [7, 11) is 1.51. The molecule has 0 aromatic heterocycles. The fourth-order valence-electron chi connectivity index (χ4n) is 2.50. The number of rotatable bonds is 7. The molecule has 0 fully saturated rings. The molecule has 0 unspecified atom stereocenters. The molecule has 0 spiro atoms. The predicted octanol–water partition coefficient (Wildman–Crippen LogP) is 5.76. The van der Waals surface area contributed by atoms with E-state index in [0.717, 1.165) is 18.2 Å². The van der Waals surface area contributed by atoms with Crippen molar-refractivity contribution in [2.24, 2.45) is 0 Å². The van der Waals surface area contributed by atoms with Crippen molar-refractivity contribution in [2.75, 3.05) is 13.7 Å². The number of esters is 1. The second kappa shape index (κ2) is 9.91. The lowest BCUT2D eigenvalue weighted by Crippen LogP contribution is -2.11. The first-order chi connectivity index (χ1) is 13.7. The number of halogens is 4. The molecule has 0 heterocycles. The van der Waals surface area contributed by atoms with Gasteiger partial charge < -0.3 is 9.47 Å². The van der Waals surface area contributed by atoms with Crippen molar-refractivity contribution in [1.82, 2.24) is 0 Å². The molecule has 2 aromatic rings. The Morgan fingerprint density at radius 2 is 1.79 bits per heavy atom. The Morgan fingerprint density at radius 1 is 1.10 bits per heavy atom. The third-order valence-electron chi connectivity index (χ3n) is 3.99. The second-order valence-corrected chi connectivity index (χ2v) is 6.03. The van der Waals surface area contributed by atoms with Gasteiger partial charge in [-0.3, -0.25) is 0 Å². The third kappa shape index (κ3) is 6.48. The summed E-state index contributed by atoms with van der Waals surface area (Å²) in [5.74, 6) is -1.10. The summed E-state index contributed by atoms with van der Waals surface area (Å²) in [5, 5.41) is 0. The number of carbonyl (C=O) groups is 1. The molecule has 3 nitrogen and oxygen atoms in total. The number of hydrogen-bond acceptors (Lipinski definition) is 3. The topological polar surface area (TPSA) is 35.5 Å². The molecule has 0 aliphatic heterocycles. The van der Waals surface area contributed by atoms with Crippen molar-refractivity contribution < 1.29 is 31.8 Å². The van der Waals surface area contributed by atoms with Crippen LogP contribution in [0.15, 0.2) is 66.0 Å². The molecular formula is C22H20F4O3. The molecule has 7 heteroatoms. The average Bonchev–Trinajstić information content (AvgIpc) is 2.70. The highest BCUT2D eigenvalue weighted by Crippen LogP contribution is 2.29. The molecule has 0 saturated heterocycles. The third-order valence-corrected chi connectivity index (χ3v) is 3.99. The summed E-state index contributed by atoms with van der Waals surface area (Å²) in [6.45, 7) is 1.62. The Kier molecular flexibility index (Phi) is 7.59. The van der Waals surface area contributed by atoms with E-state index in [1.807, 2.05) is 0 Å². The summed E-state index contributed by atoms with van der Waals surface area (Å²) in [6.07, 6.45) is -2.09. The van der Waals surface area contributed by atoms with Crippen LogP contribution in [-0.4, -0.2) is 19.7 Å². The number of ether oxygens (including phenoxy) is 2. The van der Waals surface area contributed by atoms with Gasteiger partial charge in [0, 0.05) is 6.42 Å². The fourth-order valence-corrected chi connectivity index (χ4v) is 2.50. The van der Waals surface area contributed by atoms with Crippen LogP contribution in [0.1, 0.15) is 23.6 Å². The molecule has 154 valence electrons. The van der Waals surface area contributed by atoms with Crippen LogP contribution in [0.3, 0.4) is 0 Å². The van der Waals surface area contributed by atoms with Crippen LogP contribution in [-0.2, 0) is 22.1 Å². The molecule has 0 aliphatic rings. The van der Waals surface area contributed by atoms with Crippen LogP contribution in [0.4, 0.5) is 17.6 Å². The van der Waals surface area contributed by atoms with Gasteiger partial charge in [0.2, 0.25) is 0 Å². The van der Waals surface area contributed by atoms with Gasteiger partial charge in [-0.2, -0.15) is 13.2 Å². The van der Waals surface area contributed by atoms with Crippen LogP contribution in [0.25, 0.3) is 6.08 Å². The molecule has 0 saturated carbocycles. The van der Waals surface area contributed by atoms with E-state index in [1.165, 1.54) is 25.3 Å². The van der Waals surface area contributed by atoms with Crippen LogP contribution < -0.4 is 4.74 Å². The normalized spacial score (nSPS) is 12.6. The maximum absolute atomic E-state index is 14.7. The van der Waals surface area contributed by atoms with Crippen LogP contribution >= 0.6 is 0 Å². The minimum atomic E-state index is -4.47. The molecule has 0 aliphatic carbocycles. The van der Waals surface area contributed by atoms with E-state index < -0.39 is 23.5 Å². The average molecular weight is 408 g/mol. The van der Waals surface area contributed by atoms with Gasteiger partial charge in [-0.05, 0) is 48.4 Å². The zero-order valence-corrected chi connectivity index (χ0v) is 15.9. The number of methoxy groups -OCH3 is 1. The lowest BCUT2D eigenvalue weighted by atomic mass is 10.0. The lowest BCUT2D eigenvalue weighted by molar-refractivity contribution is -0.139. The van der Waals surface area contributed by atoms with Crippen molar-refractivity contribution >= 4 is 12.0 Å². The number of alkyl halides is 3. The molecule has 0 atom stereocenters. The summed E-state index contributed by atoms with van der Waals surface area (Å²) in [6, 6.07) is 11.1. The number of carbonyl (C=O) groups excluding carboxylic acids is 1. The largest absolute Gasteiger partial charge is 0.497 e. The van der Waals surface area contributed by atoms with Gasteiger partial charge >= 0.3 is 12.1 Å². The summed E-state index contributed by atoms with van der Waals surface area (Å²) in [5.41, 5.74) is -0.0877. The van der Waals surface area contributed by atoms with E-state index in [-0.39, 0.29) is 18.6 Å². The van der Waals surface area contributed by atoms with E-state index >= 15 is 0 Å². The quantitative estimate of drug-likeness (QED) is 0.253. The molecule has 0 amide bonds. The summed E-state index contributed by atoms with van der Waals surface area (Å²) in [4.78, 5) is 12.2. The van der Waals surface area contributed by atoms with Crippen LogP contribution in [0.2, 0.25) is 0 Å². The number of benzene rings is 2. The van der Waals surface area contributed by atoms with E-state index in [4.69, 9.17) is 9.47 Å². The summed E-state index contributed by atoms with van der Waals surface area (Å²) < 4.78 is 62.8. The maximum Gasteiger partial charge on any atom is 0.416 e. The van der Waals surface area contributed by atoms with Crippen molar-refractivity contribution in [1.29, 1.82) is 0 Å². The van der Waals surface area contributed by atoms with Gasteiger partial charge in [0.05, 0.1) is 24.9 Å². The van der Waals surface area contributed by atoms with Gasteiger partial charge in [0.15, 0.2) is 0 Å². The van der Waals surface area contributed by atoms with E-state index in [2.05, 4.69) is 0 Å². The number of hydrogen-bond donors (Lipinski definition) is 0. The van der Waals surface area contributed by atoms with E-state index in [1.54, 1.807) is 31.2 Å². The lowest BCUT2D eigenvalue weighted by Gasteiger charge is -2.10. The maximum atomic E-state index is 14.7. The second-order valence-electron chi connectivity index (χ2n) is 6.03. The van der Waals surface area contributed by atoms with Gasteiger partial charge in [-0.25, -0.2) is 9.18 Å². The Hall–Kier alpha value is -3.09. The van der Waals surface area contributed by atoms with Crippen molar-refractivity contribution in [3.05, 3.63) is 82.7 Å². The highest BCUT2D eigenvalue weighted by Gasteiger charge is 2.30. The highest BCUT2D eigenvalue weighted by molar-refractivity contribution is 5.90. The minimum Gasteiger partial charge on any atom is -0.497 e. The first kappa shape index (κ1) is 22.2. The zero-order chi connectivity index (χ0) is 21.4. The van der Waals surface area contributed by atoms with E-state index in [9.17, 15) is 22.4 Å². The molecule has 0 radical (unpaired) electrons. The first-order valence-electron chi connectivity index (χ1n) is 8.78. The Balaban J connectivity index is 2.30. The zero-order valence-electron chi connectivity index (χ0n) is 15.9. The molecule has 2 rings (SSSR count). The molecule has 29 heavy (non-hydrogen) atoms. The minimum absolute atomic E-state index is 0.0439. The van der Waals surface area contributed by atoms with Gasteiger partial charge in [0.1, 0.15) is 11.6 Å². The molecule has 0 N–H and O–H groups in total. The Morgan fingerprint density at radius 3 is 2.38 bits per heavy atom. The Labute approximate surface area is 166 Å². The fraction of sp³-hybridized carbons (Fsp3) is 0.227.